The van der Waals surface area contributed by atoms with E-state index in [2.05, 4.69) is 5.32 Å². The van der Waals surface area contributed by atoms with Crippen molar-refractivity contribution in [1.29, 1.82) is 0 Å². The van der Waals surface area contributed by atoms with Crippen molar-refractivity contribution in [1.82, 2.24) is 0 Å². The number of rotatable bonds is 1. The van der Waals surface area contributed by atoms with Gasteiger partial charge in [0.05, 0.1) is 6.04 Å². The Kier molecular flexibility index (Phi) is 1.72. The molecule has 1 unspecified atom stereocenters. The van der Waals surface area contributed by atoms with E-state index in [1.54, 1.807) is 6.92 Å². The molecule has 1 atom stereocenters. The lowest BCUT2D eigenvalue weighted by atomic mass is 10.1. The second-order valence-corrected chi connectivity index (χ2v) is 3.43. The van der Waals surface area contributed by atoms with Crippen molar-refractivity contribution >= 4 is 17.2 Å². The van der Waals surface area contributed by atoms with Crippen molar-refractivity contribution < 1.29 is 4.79 Å². The molecule has 0 saturated carbocycles. The zero-order valence-corrected chi connectivity index (χ0v) is 7.50. The molecule has 1 aromatic rings. The van der Waals surface area contributed by atoms with Gasteiger partial charge in [-0.1, -0.05) is 0 Å². The molecule has 3 heteroatoms. The molecule has 0 saturated heterocycles. The number of carbonyl (C=O) groups is 1. The highest BCUT2D eigenvalue weighted by atomic mass is 16.1. The first-order chi connectivity index (χ1) is 6.16. The van der Waals surface area contributed by atoms with Crippen molar-refractivity contribution in [2.24, 2.45) is 0 Å². The number of benzene rings is 1. The number of anilines is 2. The number of fused-ring (bicyclic) bond motifs is 1. The van der Waals surface area contributed by atoms with Crippen LogP contribution < -0.4 is 11.1 Å². The van der Waals surface area contributed by atoms with Crippen molar-refractivity contribution in [3.8, 4) is 0 Å². The van der Waals surface area contributed by atoms with Crippen LogP contribution in [0.25, 0.3) is 0 Å². The van der Waals surface area contributed by atoms with Crippen LogP contribution in [0.3, 0.4) is 0 Å². The van der Waals surface area contributed by atoms with Gasteiger partial charge < -0.3 is 11.1 Å². The molecule has 1 heterocycles. The maximum absolute atomic E-state index is 11.1. The van der Waals surface area contributed by atoms with E-state index in [0.29, 0.717) is 0 Å². The molecular weight excluding hydrogens is 164 g/mol. The maximum Gasteiger partial charge on any atom is 0.152 e. The molecule has 0 radical (unpaired) electrons. The molecular formula is C10H12N2O. The van der Waals surface area contributed by atoms with Crippen LogP contribution in [0.5, 0.6) is 0 Å². The smallest absolute Gasteiger partial charge is 0.152 e. The number of nitrogens with one attached hydrogen (secondary N) is 1. The molecule has 2 rings (SSSR count). The van der Waals surface area contributed by atoms with E-state index in [9.17, 15) is 4.79 Å². The Morgan fingerprint density at radius 3 is 3.08 bits per heavy atom. The number of hydrogen-bond acceptors (Lipinski definition) is 3. The van der Waals surface area contributed by atoms with Crippen LogP contribution in [-0.2, 0) is 11.2 Å². The third kappa shape index (κ3) is 1.37. The summed E-state index contributed by atoms with van der Waals surface area (Å²) >= 11 is 0. The monoisotopic (exact) mass is 176 g/mol. The average molecular weight is 176 g/mol. The highest BCUT2D eigenvalue weighted by Gasteiger charge is 2.23. The van der Waals surface area contributed by atoms with Crippen LogP contribution >= 0.6 is 0 Å². The fraction of sp³-hybridized carbons (Fsp3) is 0.300. The molecule has 0 spiro atoms. The van der Waals surface area contributed by atoms with Crippen LogP contribution in [0.4, 0.5) is 11.4 Å². The lowest BCUT2D eigenvalue weighted by molar-refractivity contribution is -0.117. The van der Waals surface area contributed by atoms with Crippen LogP contribution in [0.15, 0.2) is 18.2 Å². The number of hydrogen-bond donors (Lipinski definition) is 2. The van der Waals surface area contributed by atoms with E-state index in [0.717, 1.165) is 23.4 Å². The molecule has 13 heavy (non-hydrogen) atoms. The number of nitrogen functional groups attached to an aromatic ring is 1. The van der Waals surface area contributed by atoms with E-state index in [1.165, 1.54) is 0 Å². The minimum atomic E-state index is -0.0585. The summed E-state index contributed by atoms with van der Waals surface area (Å²) < 4.78 is 0. The Labute approximate surface area is 76.9 Å². The molecule has 0 fully saturated rings. The second kappa shape index (κ2) is 2.76. The van der Waals surface area contributed by atoms with E-state index in [4.69, 9.17) is 5.73 Å². The van der Waals surface area contributed by atoms with E-state index >= 15 is 0 Å². The van der Waals surface area contributed by atoms with Crippen molar-refractivity contribution in [2.75, 3.05) is 11.1 Å². The van der Waals surface area contributed by atoms with Gasteiger partial charge in [0.15, 0.2) is 5.78 Å². The molecule has 0 aromatic heterocycles. The van der Waals surface area contributed by atoms with Gasteiger partial charge in [0, 0.05) is 17.8 Å². The van der Waals surface area contributed by atoms with Crippen LogP contribution in [-0.4, -0.2) is 11.8 Å². The third-order valence-corrected chi connectivity index (χ3v) is 2.37. The fourth-order valence-electron chi connectivity index (χ4n) is 1.63. The first kappa shape index (κ1) is 8.10. The highest BCUT2D eigenvalue weighted by Crippen LogP contribution is 2.27. The number of ketones is 1. The number of carbonyl (C=O) groups excluding carboxylic acids is 1. The first-order valence-corrected chi connectivity index (χ1v) is 4.32. The maximum atomic E-state index is 11.1. The summed E-state index contributed by atoms with van der Waals surface area (Å²) in [5.74, 6) is 0.176. The second-order valence-electron chi connectivity index (χ2n) is 3.43. The van der Waals surface area contributed by atoms with Gasteiger partial charge in [-0.2, -0.15) is 0 Å². The fourth-order valence-corrected chi connectivity index (χ4v) is 1.63. The zero-order chi connectivity index (χ0) is 9.42. The zero-order valence-electron chi connectivity index (χ0n) is 7.50. The normalized spacial score (nSPS) is 19.3. The van der Waals surface area contributed by atoms with Crippen molar-refractivity contribution in [2.45, 2.75) is 19.4 Å². The average Bonchev–Trinajstić information content (AvgIpc) is 2.46. The van der Waals surface area contributed by atoms with Gasteiger partial charge in [-0.25, -0.2) is 0 Å². The molecule has 1 aliphatic heterocycles. The van der Waals surface area contributed by atoms with E-state index in [-0.39, 0.29) is 11.8 Å². The molecule has 1 aliphatic rings. The van der Waals surface area contributed by atoms with Crippen LogP contribution in [0.1, 0.15) is 12.5 Å². The quantitative estimate of drug-likeness (QED) is 0.632. The Morgan fingerprint density at radius 1 is 1.62 bits per heavy atom. The first-order valence-electron chi connectivity index (χ1n) is 4.32. The predicted octanol–water partition coefficient (Wildman–Crippen LogP) is 1.19. The molecule has 1 aromatic carbocycles. The Hall–Kier alpha value is -1.51. The van der Waals surface area contributed by atoms with Gasteiger partial charge >= 0.3 is 0 Å². The molecule has 0 aliphatic carbocycles. The Balaban J connectivity index is 2.30. The lowest BCUT2D eigenvalue weighted by Crippen LogP contribution is -2.23. The van der Waals surface area contributed by atoms with Crippen molar-refractivity contribution in [3.63, 3.8) is 0 Å². The van der Waals surface area contributed by atoms with E-state index < -0.39 is 0 Å². The van der Waals surface area contributed by atoms with Crippen molar-refractivity contribution in [3.05, 3.63) is 23.8 Å². The molecule has 68 valence electrons. The summed E-state index contributed by atoms with van der Waals surface area (Å²) in [4.78, 5) is 11.1. The Morgan fingerprint density at radius 2 is 2.38 bits per heavy atom. The number of Topliss-reactive ketones (excluding diaryl/α,β-unsaturated/α-hetero) is 1. The topological polar surface area (TPSA) is 55.1 Å². The molecule has 0 amide bonds. The molecule has 3 nitrogen and oxygen atoms in total. The van der Waals surface area contributed by atoms with Gasteiger partial charge in [-0.15, -0.1) is 0 Å². The molecule has 0 bridgehead atoms. The third-order valence-electron chi connectivity index (χ3n) is 2.37. The highest BCUT2D eigenvalue weighted by molar-refractivity contribution is 5.87. The lowest BCUT2D eigenvalue weighted by Gasteiger charge is -2.04. The SMILES string of the molecule is CC(=O)C1Cc2cc(N)ccc2N1. The minimum absolute atomic E-state index is 0.0585. The number of nitrogens with two attached hydrogens (primary N) is 1. The van der Waals surface area contributed by atoms with Crippen LogP contribution in [0, 0.1) is 0 Å². The minimum Gasteiger partial charge on any atom is -0.399 e. The van der Waals surface area contributed by atoms with Gasteiger partial charge in [-0.05, 0) is 30.7 Å². The summed E-state index contributed by atoms with van der Waals surface area (Å²) in [6.45, 7) is 1.60. The summed E-state index contributed by atoms with van der Waals surface area (Å²) in [6, 6.07) is 5.63. The Bertz CT molecular complexity index is 360. The standard InChI is InChI=1S/C10H12N2O/c1-6(13)10-5-7-4-8(11)2-3-9(7)12-10/h2-4,10,12H,5,11H2,1H3. The molecule has 3 N–H and O–H groups in total. The van der Waals surface area contributed by atoms with Gasteiger partial charge in [0.1, 0.15) is 0 Å². The largest absolute Gasteiger partial charge is 0.399 e. The summed E-state index contributed by atoms with van der Waals surface area (Å²) in [7, 11) is 0. The van der Waals surface area contributed by atoms with E-state index in [1.807, 2.05) is 18.2 Å². The van der Waals surface area contributed by atoms with Gasteiger partial charge in [0.2, 0.25) is 0 Å². The summed E-state index contributed by atoms with van der Waals surface area (Å²) in [5.41, 5.74) is 8.57. The van der Waals surface area contributed by atoms with Gasteiger partial charge in [-0.3, -0.25) is 4.79 Å². The van der Waals surface area contributed by atoms with Crippen LogP contribution in [0.2, 0.25) is 0 Å². The summed E-state index contributed by atoms with van der Waals surface area (Å²) in [6.07, 6.45) is 0.760. The predicted molar refractivity (Wildman–Crippen MR) is 52.7 cm³/mol. The summed E-state index contributed by atoms with van der Waals surface area (Å²) in [5, 5.41) is 3.16. The van der Waals surface area contributed by atoms with Gasteiger partial charge in [0.25, 0.3) is 0 Å².